The number of anilines is 1. The fourth-order valence-corrected chi connectivity index (χ4v) is 4.11. The van der Waals surface area contributed by atoms with Crippen molar-refractivity contribution in [2.75, 3.05) is 31.1 Å². The van der Waals surface area contributed by atoms with Gasteiger partial charge in [-0.2, -0.15) is 0 Å². The molecule has 0 atom stereocenters. The molecule has 4 rings (SSSR count). The van der Waals surface area contributed by atoms with Gasteiger partial charge in [0.15, 0.2) is 5.96 Å². The van der Waals surface area contributed by atoms with Gasteiger partial charge >= 0.3 is 0 Å². The highest BCUT2D eigenvalue weighted by molar-refractivity contribution is 5.79. The third kappa shape index (κ3) is 5.34. The minimum Gasteiger partial charge on any atom is -0.357 e. The standard InChI is InChI=1S/C24H33N7/c1-3-25-24(28-18-20-11-13-26-23(17-20)30-14-6-7-15-30)27-12-8-16-31-19(2)29-21-9-4-5-10-22(21)31/h4-5,9-11,13,17H,3,6-8,12,14-16,18H2,1-2H3,(H2,25,27,28). The van der Waals surface area contributed by atoms with Gasteiger partial charge in [0.1, 0.15) is 11.6 Å². The number of aliphatic imine (C=N–C) groups is 1. The van der Waals surface area contributed by atoms with Crippen LogP contribution in [-0.2, 0) is 13.1 Å². The Kier molecular flexibility index (Phi) is 7.02. The number of benzene rings is 1. The number of pyridine rings is 1. The van der Waals surface area contributed by atoms with E-state index < -0.39 is 0 Å². The van der Waals surface area contributed by atoms with Crippen LogP contribution in [0.25, 0.3) is 11.0 Å². The molecule has 0 bridgehead atoms. The maximum atomic E-state index is 4.78. The van der Waals surface area contributed by atoms with Gasteiger partial charge in [0.25, 0.3) is 0 Å². The molecule has 2 aromatic heterocycles. The van der Waals surface area contributed by atoms with E-state index >= 15 is 0 Å². The van der Waals surface area contributed by atoms with E-state index in [1.54, 1.807) is 0 Å². The number of aryl methyl sites for hydroxylation is 2. The quantitative estimate of drug-likeness (QED) is 0.332. The fraction of sp³-hybridized carbons (Fsp3) is 0.458. The molecule has 1 aliphatic heterocycles. The summed E-state index contributed by atoms with van der Waals surface area (Å²) in [5, 5.41) is 6.82. The van der Waals surface area contributed by atoms with Crippen LogP contribution in [0.1, 0.15) is 37.6 Å². The predicted octanol–water partition coefficient (Wildman–Crippen LogP) is 3.49. The zero-order valence-corrected chi connectivity index (χ0v) is 18.6. The van der Waals surface area contributed by atoms with Gasteiger partial charge in [-0.1, -0.05) is 12.1 Å². The summed E-state index contributed by atoms with van der Waals surface area (Å²) >= 11 is 0. The molecule has 0 unspecified atom stereocenters. The molecular weight excluding hydrogens is 386 g/mol. The third-order valence-electron chi connectivity index (χ3n) is 5.70. The number of nitrogens with zero attached hydrogens (tertiary/aromatic N) is 5. The molecular formula is C24H33N7. The van der Waals surface area contributed by atoms with Crippen LogP contribution in [0.15, 0.2) is 47.6 Å². The number of aromatic nitrogens is 3. The minimum atomic E-state index is 0.643. The number of hydrogen-bond donors (Lipinski definition) is 2. The summed E-state index contributed by atoms with van der Waals surface area (Å²) in [4.78, 5) is 16.3. The molecule has 0 radical (unpaired) electrons. The zero-order valence-electron chi connectivity index (χ0n) is 18.6. The zero-order chi connectivity index (χ0) is 21.5. The van der Waals surface area contributed by atoms with Gasteiger partial charge in [-0.25, -0.2) is 15.0 Å². The number of hydrogen-bond acceptors (Lipinski definition) is 4. The molecule has 0 spiro atoms. The van der Waals surface area contributed by atoms with Gasteiger partial charge in [-0.15, -0.1) is 0 Å². The summed E-state index contributed by atoms with van der Waals surface area (Å²) in [6.45, 7) is 9.65. The number of imidazole rings is 1. The molecule has 1 aromatic carbocycles. The molecule has 0 amide bonds. The Morgan fingerprint density at radius 1 is 1.13 bits per heavy atom. The Hall–Kier alpha value is -3.09. The van der Waals surface area contributed by atoms with Crippen LogP contribution in [0.3, 0.4) is 0 Å². The molecule has 31 heavy (non-hydrogen) atoms. The number of rotatable bonds is 8. The van der Waals surface area contributed by atoms with E-state index in [4.69, 9.17) is 4.99 Å². The second-order valence-corrected chi connectivity index (χ2v) is 7.99. The van der Waals surface area contributed by atoms with Crippen LogP contribution in [-0.4, -0.2) is 46.7 Å². The fourth-order valence-electron chi connectivity index (χ4n) is 4.11. The molecule has 3 aromatic rings. The SMILES string of the molecule is CCNC(=NCc1ccnc(N2CCCC2)c1)NCCCn1c(C)nc2ccccc21. The third-order valence-corrected chi connectivity index (χ3v) is 5.70. The van der Waals surface area contributed by atoms with E-state index in [0.717, 1.165) is 62.3 Å². The summed E-state index contributed by atoms with van der Waals surface area (Å²) in [5.74, 6) is 2.99. The topological polar surface area (TPSA) is 70.4 Å². The first-order chi connectivity index (χ1) is 15.2. The summed E-state index contributed by atoms with van der Waals surface area (Å²) in [7, 11) is 0. The Labute approximate surface area is 184 Å². The Morgan fingerprint density at radius 2 is 1.97 bits per heavy atom. The maximum Gasteiger partial charge on any atom is 0.191 e. The second-order valence-electron chi connectivity index (χ2n) is 7.99. The van der Waals surface area contributed by atoms with Crippen molar-refractivity contribution in [1.29, 1.82) is 0 Å². The Balaban J connectivity index is 1.32. The molecule has 7 heteroatoms. The normalized spacial score (nSPS) is 14.4. The number of guanidine groups is 1. The van der Waals surface area contributed by atoms with Crippen LogP contribution < -0.4 is 15.5 Å². The lowest BCUT2D eigenvalue weighted by Gasteiger charge is -2.16. The van der Waals surface area contributed by atoms with E-state index in [-0.39, 0.29) is 0 Å². The number of para-hydroxylation sites is 2. The van der Waals surface area contributed by atoms with Crippen molar-refractivity contribution in [2.24, 2.45) is 4.99 Å². The van der Waals surface area contributed by atoms with Crippen molar-refractivity contribution >= 4 is 22.8 Å². The van der Waals surface area contributed by atoms with Gasteiger partial charge in [0, 0.05) is 38.9 Å². The lowest BCUT2D eigenvalue weighted by molar-refractivity contribution is 0.624. The summed E-state index contributed by atoms with van der Waals surface area (Å²) in [6, 6.07) is 12.5. The van der Waals surface area contributed by atoms with Crippen molar-refractivity contribution in [3.05, 3.63) is 54.0 Å². The average Bonchev–Trinajstić information content (AvgIpc) is 3.43. The Morgan fingerprint density at radius 3 is 2.81 bits per heavy atom. The first-order valence-corrected chi connectivity index (χ1v) is 11.4. The second kappa shape index (κ2) is 10.3. The minimum absolute atomic E-state index is 0.643. The molecule has 0 aliphatic carbocycles. The smallest absolute Gasteiger partial charge is 0.191 e. The van der Waals surface area contributed by atoms with Crippen molar-refractivity contribution < 1.29 is 0 Å². The maximum absolute atomic E-state index is 4.78. The van der Waals surface area contributed by atoms with E-state index in [2.05, 4.69) is 74.2 Å². The van der Waals surface area contributed by atoms with E-state index in [1.807, 2.05) is 12.3 Å². The highest BCUT2D eigenvalue weighted by Crippen LogP contribution is 2.19. The number of fused-ring (bicyclic) bond motifs is 1. The van der Waals surface area contributed by atoms with Crippen molar-refractivity contribution in [2.45, 2.75) is 46.2 Å². The summed E-state index contributed by atoms with van der Waals surface area (Å²) in [6.07, 6.45) is 5.41. The van der Waals surface area contributed by atoms with E-state index in [9.17, 15) is 0 Å². The molecule has 1 fully saturated rings. The van der Waals surface area contributed by atoms with Gasteiger partial charge in [-0.05, 0) is 62.9 Å². The molecule has 1 saturated heterocycles. The van der Waals surface area contributed by atoms with Gasteiger partial charge in [-0.3, -0.25) is 0 Å². The lowest BCUT2D eigenvalue weighted by Crippen LogP contribution is -2.38. The first kappa shape index (κ1) is 21.2. The highest BCUT2D eigenvalue weighted by Gasteiger charge is 2.13. The van der Waals surface area contributed by atoms with Crippen molar-refractivity contribution in [1.82, 2.24) is 25.2 Å². The largest absolute Gasteiger partial charge is 0.357 e. The molecule has 0 saturated carbocycles. The van der Waals surface area contributed by atoms with E-state index in [1.165, 1.54) is 23.9 Å². The predicted molar refractivity (Wildman–Crippen MR) is 128 cm³/mol. The molecule has 1 aliphatic rings. The van der Waals surface area contributed by atoms with Crippen LogP contribution in [0.4, 0.5) is 5.82 Å². The van der Waals surface area contributed by atoms with Crippen LogP contribution in [0, 0.1) is 6.92 Å². The van der Waals surface area contributed by atoms with Crippen molar-refractivity contribution in [3.8, 4) is 0 Å². The lowest BCUT2D eigenvalue weighted by atomic mass is 10.2. The highest BCUT2D eigenvalue weighted by atomic mass is 15.2. The summed E-state index contributed by atoms with van der Waals surface area (Å²) < 4.78 is 2.29. The van der Waals surface area contributed by atoms with Gasteiger partial charge < -0.3 is 20.1 Å². The molecule has 164 valence electrons. The van der Waals surface area contributed by atoms with Crippen molar-refractivity contribution in [3.63, 3.8) is 0 Å². The monoisotopic (exact) mass is 419 g/mol. The number of nitrogens with one attached hydrogen (secondary N) is 2. The molecule has 2 N–H and O–H groups in total. The molecule has 7 nitrogen and oxygen atoms in total. The van der Waals surface area contributed by atoms with Gasteiger partial charge in [0.2, 0.25) is 0 Å². The van der Waals surface area contributed by atoms with E-state index in [0.29, 0.717) is 6.54 Å². The van der Waals surface area contributed by atoms with Gasteiger partial charge in [0.05, 0.1) is 17.6 Å². The Bertz CT molecular complexity index is 1020. The summed E-state index contributed by atoms with van der Waals surface area (Å²) in [5.41, 5.74) is 3.45. The van der Waals surface area contributed by atoms with Crippen LogP contribution >= 0.6 is 0 Å². The molecule has 3 heterocycles. The first-order valence-electron chi connectivity index (χ1n) is 11.4. The van der Waals surface area contributed by atoms with Crippen LogP contribution in [0.2, 0.25) is 0 Å². The average molecular weight is 420 g/mol. The van der Waals surface area contributed by atoms with Crippen LogP contribution in [0.5, 0.6) is 0 Å².